The average Bonchev–Trinajstić information content (AvgIpc) is 3.11. The standard InChI is InChI=1S/C19H15Cl2NO2/c20-15-8-4-9-16(21)14(15)12-18(23)22-19(17-10-5-11-24-17)13-6-2-1-3-7-13/h1-11,19H,12H2,(H,22,23). The molecule has 1 N–H and O–H groups in total. The van der Waals surface area contributed by atoms with Gasteiger partial charge < -0.3 is 9.73 Å². The number of halogens is 2. The predicted octanol–water partition coefficient (Wildman–Crippen LogP) is 5.03. The second-order valence-electron chi connectivity index (χ2n) is 5.30. The molecular formula is C19H15Cl2NO2. The highest BCUT2D eigenvalue weighted by Gasteiger charge is 2.20. The second-order valence-corrected chi connectivity index (χ2v) is 6.12. The lowest BCUT2D eigenvalue weighted by Crippen LogP contribution is -2.30. The van der Waals surface area contributed by atoms with Crippen LogP contribution in [-0.4, -0.2) is 5.91 Å². The highest BCUT2D eigenvalue weighted by molar-refractivity contribution is 6.36. The van der Waals surface area contributed by atoms with Crippen LogP contribution in [-0.2, 0) is 11.2 Å². The van der Waals surface area contributed by atoms with Crippen LogP contribution in [0.3, 0.4) is 0 Å². The third kappa shape index (κ3) is 3.81. The lowest BCUT2D eigenvalue weighted by atomic mass is 10.0. The summed E-state index contributed by atoms with van der Waals surface area (Å²) in [7, 11) is 0. The highest BCUT2D eigenvalue weighted by atomic mass is 35.5. The van der Waals surface area contributed by atoms with Gasteiger partial charge in [0.2, 0.25) is 5.91 Å². The molecule has 0 spiro atoms. The number of carbonyl (C=O) groups is 1. The van der Waals surface area contributed by atoms with Gasteiger partial charge in [0, 0.05) is 10.0 Å². The Morgan fingerprint density at radius 2 is 1.67 bits per heavy atom. The van der Waals surface area contributed by atoms with Crippen LogP contribution in [0.25, 0.3) is 0 Å². The number of carbonyl (C=O) groups excluding carboxylic acids is 1. The van der Waals surface area contributed by atoms with Crippen molar-refractivity contribution in [2.45, 2.75) is 12.5 Å². The summed E-state index contributed by atoms with van der Waals surface area (Å²) < 4.78 is 5.48. The van der Waals surface area contributed by atoms with Gasteiger partial charge >= 0.3 is 0 Å². The number of rotatable bonds is 5. The molecule has 3 nitrogen and oxygen atoms in total. The largest absolute Gasteiger partial charge is 0.467 e. The topological polar surface area (TPSA) is 42.2 Å². The quantitative estimate of drug-likeness (QED) is 0.693. The molecule has 0 radical (unpaired) electrons. The molecule has 5 heteroatoms. The maximum absolute atomic E-state index is 12.5. The van der Waals surface area contributed by atoms with Crippen molar-refractivity contribution in [3.8, 4) is 0 Å². The zero-order valence-corrected chi connectivity index (χ0v) is 14.2. The Kier molecular flexibility index (Phi) is 5.24. The fourth-order valence-electron chi connectivity index (χ4n) is 2.49. The van der Waals surface area contributed by atoms with Gasteiger partial charge in [0.1, 0.15) is 11.8 Å². The molecule has 1 unspecified atom stereocenters. The third-order valence-corrected chi connectivity index (χ3v) is 4.37. The van der Waals surface area contributed by atoms with Gasteiger partial charge in [0.05, 0.1) is 12.7 Å². The minimum Gasteiger partial charge on any atom is -0.467 e. The lowest BCUT2D eigenvalue weighted by Gasteiger charge is -2.17. The SMILES string of the molecule is O=C(Cc1c(Cl)cccc1Cl)NC(c1ccccc1)c1ccco1. The zero-order valence-electron chi connectivity index (χ0n) is 12.7. The summed E-state index contributed by atoms with van der Waals surface area (Å²) in [5, 5.41) is 3.95. The minimum absolute atomic E-state index is 0.0998. The Bertz CT molecular complexity index is 796. The molecule has 0 fully saturated rings. The molecule has 3 aromatic rings. The number of nitrogens with one attached hydrogen (secondary N) is 1. The Morgan fingerprint density at radius 3 is 2.29 bits per heavy atom. The maximum Gasteiger partial charge on any atom is 0.225 e. The van der Waals surface area contributed by atoms with Gasteiger partial charge in [-0.2, -0.15) is 0 Å². The van der Waals surface area contributed by atoms with Crippen molar-refractivity contribution < 1.29 is 9.21 Å². The van der Waals surface area contributed by atoms with Gasteiger partial charge in [-0.3, -0.25) is 4.79 Å². The van der Waals surface area contributed by atoms with E-state index < -0.39 is 0 Å². The van der Waals surface area contributed by atoms with Crippen LogP contribution < -0.4 is 5.32 Å². The van der Waals surface area contributed by atoms with E-state index in [2.05, 4.69) is 5.32 Å². The summed E-state index contributed by atoms with van der Waals surface area (Å²) in [6.45, 7) is 0. The van der Waals surface area contributed by atoms with Gasteiger partial charge in [-0.1, -0.05) is 59.6 Å². The van der Waals surface area contributed by atoms with Crippen LogP contribution in [0.1, 0.15) is 22.9 Å². The van der Waals surface area contributed by atoms with E-state index in [1.54, 1.807) is 30.5 Å². The van der Waals surface area contributed by atoms with E-state index >= 15 is 0 Å². The molecule has 2 aromatic carbocycles. The van der Waals surface area contributed by atoms with Gasteiger partial charge in [-0.15, -0.1) is 0 Å². The van der Waals surface area contributed by atoms with Crippen LogP contribution >= 0.6 is 23.2 Å². The van der Waals surface area contributed by atoms with Crippen molar-refractivity contribution in [3.05, 3.63) is 93.9 Å². The number of furan rings is 1. The first kappa shape index (κ1) is 16.6. The summed E-state index contributed by atoms with van der Waals surface area (Å²) in [4.78, 5) is 12.5. The van der Waals surface area contributed by atoms with Gasteiger partial charge in [0.15, 0.2) is 0 Å². The van der Waals surface area contributed by atoms with Crippen LogP contribution in [0, 0.1) is 0 Å². The number of benzene rings is 2. The smallest absolute Gasteiger partial charge is 0.225 e. The summed E-state index contributed by atoms with van der Waals surface area (Å²) >= 11 is 12.3. The number of amides is 1. The lowest BCUT2D eigenvalue weighted by molar-refractivity contribution is -0.121. The van der Waals surface area contributed by atoms with Crippen LogP contribution in [0.2, 0.25) is 10.0 Å². The molecule has 0 saturated carbocycles. The van der Waals surface area contributed by atoms with E-state index in [0.717, 1.165) is 5.56 Å². The molecule has 1 amide bonds. The highest BCUT2D eigenvalue weighted by Crippen LogP contribution is 2.26. The molecule has 122 valence electrons. The van der Waals surface area contributed by atoms with Crippen molar-refractivity contribution >= 4 is 29.1 Å². The Balaban J connectivity index is 1.82. The summed E-state index contributed by atoms with van der Waals surface area (Å²) in [5.41, 5.74) is 1.55. The minimum atomic E-state index is -0.366. The molecule has 0 saturated heterocycles. The molecule has 1 atom stereocenters. The fraction of sp³-hybridized carbons (Fsp3) is 0.105. The van der Waals surface area contributed by atoms with Crippen molar-refractivity contribution in [1.82, 2.24) is 5.32 Å². The molecule has 3 rings (SSSR count). The second kappa shape index (κ2) is 7.56. The molecule has 0 bridgehead atoms. The first-order valence-electron chi connectivity index (χ1n) is 7.46. The monoisotopic (exact) mass is 359 g/mol. The van der Waals surface area contributed by atoms with E-state index in [4.69, 9.17) is 27.6 Å². The van der Waals surface area contributed by atoms with Crippen LogP contribution in [0.5, 0.6) is 0 Å². The number of hydrogen-bond donors (Lipinski definition) is 1. The van der Waals surface area contributed by atoms with Crippen LogP contribution in [0.15, 0.2) is 71.3 Å². The average molecular weight is 360 g/mol. The zero-order chi connectivity index (χ0) is 16.9. The summed E-state index contributed by atoms with van der Waals surface area (Å²) in [5.74, 6) is 0.482. The maximum atomic E-state index is 12.5. The first-order chi connectivity index (χ1) is 11.6. The van der Waals surface area contributed by atoms with E-state index in [1.807, 2.05) is 36.4 Å². The van der Waals surface area contributed by atoms with Crippen molar-refractivity contribution in [2.75, 3.05) is 0 Å². The Hall–Kier alpha value is -2.23. The first-order valence-corrected chi connectivity index (χ1v) is 8.21. The van der Waals surface area contributed by atoms with Crippen molar-refractivity contribution in [2.24, 2.45) is 0 Å². The molecule has 0 aliphatic carbocycles. The van der Waals surface area contributed by atoms with Crippen molar-refractivity contribution in [1.29, 1.82) is 0 Å². The molecular weight excluding hydrogens is 345 g/mol. The van der Waals surface area contributed by atoms with Gasteiger partial charge in [0.25, 0.3) is 0 Å². The summed E-state index contributed by atoms with van der Waals surface area (Å²) in [6, 6.07) is 18.1. The van der Waals surface area contributed by atoms with E-state index in [1.165, 1.54) is 0 Å². The van der Waals surface area contributed by atoms with E-state index in [-0.39, 0.29) is 18.4 Å². The van der Waals surface area contributed by atoms with Gasteiger partial charge in [-0.05, 0) is 35.4 Å². The Labute approximate surface area is 150 Å². The Morgan fingerprint density at radius 1 is 0.958 bits per heavy atom. The predicted molar refractivity (Wildman–Crippen MR) is 95.3 cm³/mol. The molecule has 24 heavy (non-hydrogen) atoms. The normalized spacial score (nSPS) is 11.9. The molecule has 0 aliphatic heterocycles. The van der Waals surface area contributed by atoms with E-state index in [0.29, 0.717) is 21.4 Å². The molecule has 1 heterocycles. The number of hydrogen-bond acceptors (Lipinski definition) is 2. The molecule has 0 aliphatic rings. The fourth-order valence-corrected chi connectivity index (χ4v) is 3.02. The summed E-state index contributed by atoms with van der Waals surface area (Å²) in [6.07, 6.45) is 1.69. The van der Waals surface area contributed by atoms with Crippen molar-refractivity contribution in [3.63, 3.8) is 0 Å². The molecule has 1 aromatic heterocycles. The van der Waals surface area contributed by atoms with Gasteiger partial charge in [-0.25, -0.2) is 0 Å². The van der Waals surface area contributed by atoms with Crippen LogP contribution in [0.4, 0.5) is 0 Å². The third-order valence-electron chi connectivity index (χ3n) is 3.66. The van der Waals surface area contributed by atoms with E-state index in [9.17, 15) is 4.79 Å².